The number of carbonyl (C=O) groups is 1. The molecule has 0 radical (unpaired) electrons. The number of fused-ring (bicyclic) bond motifs is 4. The molecule has 184 valence electrons. The van der Waals surface area contributed by atoms with Crippen LogP contribution in [0, 0.1) is 6.92 Å². The third-order valence-corrected chi connectivity index (χ3v) is 8.59. The van der Waals surface area contributed by atoms with E-state index >= 15 is 0 Å². The topological polar surface area (TPSA) is 98.7 Å². The number of benzene rings is 2. The summed E-state index contributed by atoms with van der Waals surface area (Å²) >= 11 is 0. The quantitative estimate of drug-likeness (QED) is 0.354. The van der Waals surface area contributed by atoms with Crippen LogP contribution in [0.4, 0.5) is 5.82 Å². The van der Waals surface area contributed by atoms with Crippen LogP contribution >= 0.6 is 0 Å². The number of hydrogen-bond acceptors (Lipinski definition) is 5. The summed E-state index contributed by atoms with van der Waals surface area (Å²) in [5, 5.41) is 5.37. The van der Waals surface area contributed by atoms with Gasteiger partial charge in [0, 0.05) is 45.0 Å². The first-order valence-corrected chi connectivity index (χ1v) is 12.8. The normalized spacial score (nSPS) is 22.6. The maximum Gasteiger partial charge on any atom is 0.251 e. The Kier molecular flexibility index (Phi) is 4.67. The molecule has 0 aliphatic heterocycles. The third-order valence-electron chi connectivity index (χ3n) is 8.59. The molecule has 3 aromatic heterocycles. The monoisotopic (exact) mass is 488 g/mol. The van der Waals surface area contributed by atoms with Crippen LogP contribution < -0.4 is 11.1 Å². The largest absolute Gasteiger partial charge is 0.383 e. The molecule has 2 fully saturated rings. The van der Waals surface area contributed by atoms with E-state index < -0.39 is 0 Å². The van der Waals surface area contributed by atoms with Crippen molar-refractivity contribution in [1.29, 1.82) is 0 Å². The van der Waals surface area contributed by atoms with E-state index in [1.807, 2.05) is 54.7 Å². The first-order valence-electron chi connectivity index (χ1n) is 12.8. The Morgan fingerprint density at radius 3 is 2.54 bits per heavy atom. The summed E-state index contributed by atoms with van der Waals surface area (Å²) in [6, 6.07) is 19.8. The maximum absolute atomic E-state index is 13.1. The van der Waals surface area contributed by atoms with Gasteiger partial charge in [-0.05, 0) is 63.3 Å². The molecule has 2 bridgehead atoms. The Balaban J connectivity index is 1.33. The van der Waals surface area contributed by atoms with Gasteiger partial charge in [-0.1, -0.05) is 36.4 Å². The molecule has 2 saturated carbocycles. The van der Waals surface area contributed by atoms with Crippen LogP contribution in [-0.2, 0) is 5.54 Å². The Labute approximate surface area is 214 Å². The smallest absolute Gasteiger partial charge is 0.251 e. The number of nitrogens with zero attached hydrogens (tertiary/aromatic N) is 4. The predicted octanol–water partition coefficient (Wildman–Crippen LogP) is 5.38. The second-order valence-corrected chi connectivity index (χ2v) is 10.7. The summed E-state index contributed by atoms with van der Waals surface area (Å²) in [5.41, 5.74) is 11.9. The number of carbonyl (C=O) groups excluding carboxylic acids is 1. The number of nitrogens with one attached hydrogen (secondary N) is 1. The second-order valence-electron chi connectivity index (χ2n) is 10.7. The van der Waals surface area contributed by atoms with Crippen LogP contribution in [0.15, 0.2) is 73.2 Å². The number of rotatable bonds is 4. The van der Waals surface area contributed by atoms with Gasteiger partial charge in [0.2, 0.25) is 0 Å². The molecule has 37 heavy (non-hydrogen) atoms. The van der Waals surface area contributed by atoms with E-state index in [0.717, 1.165) is 70.9 Å². The highest BCUT2D eigenvalue weighted by molar-refractivity contribution is 6.03. The number of amides is 1. The molecule has 0 spiro atoms. The van der Waals surface area contributed by atoms with E-state index in [0.29, 0.717) is 11.4 Å². The van der Waals surface area contributed by atoms with Crippen LogP contribution in [0.2, 0.25) is 0 Å². The van der Waals surface area contributed by atoms with Crippen molar-refractivity contribution in [3.63, 3.8) is 0 Å². The Morgan fingerprint density at radius 2 is 1.73 bits per heavy atom. The van der Waals surface area contributed by atoms with Gasteiger partial charge in [0.1, 0.15) is 17.8 Å². The lowest BCUT2D eigenvalue weighted by Gasteiger charge is -2.31. The van der Waals surface area contributed by atoms with Gasteiger partial charge in [0.05, 0.1) is 10.9 Å². The lowest BCUT2D eigenvalue weighted by Crippen LogP contribution is -2.45. The summed E-state index contributed by atoms with van der Waals surface area (Å²) in [6.45, 7) is 2.15. The number of para-hydroxylation sites is 1. The molecule has 2 aromatic carbocycles. The SMILES string of the molecule is Cc1c(-c2cnc3ccccc3c2)c2c(N)ncnc2n1C12CCC(NC(=O)c3ccccc3)(CC1)C2. The van der Waals surface area contributed by atoms with Crippen LogP contribution in [0.3, 0.4) is 0 Å². The van der Waals surface area contributed by atoms with Gasteiger partial charge in [-0.2, -0.15) is 0 Å². The fourth-order valence-electron chi connectivity index (χ4n) is 6.94. The minimum atomic E-state index is -0.209. The van der Waals surface area contributed by atoms with Gasteiger partial charge in [-0.3, -0.25) is 9.78 Å². The van der Waals surface area contributed by atoms with Crippen molar-refractivity contribution in [2.75, 3.05) is 5.73 Å². The average molecular weight is 489 g/mol. The van der Waals surface area contributed by atoms with Crippen molar-refractivity contribution in [1.82, 2.24) is 24.8 Å². The summed E-state index contributed by atoms with van der Waals surface area (Å²) in [7, 11) is 0. The van der Waals surface area contributed by atoms with Crippen molar-refractivity contribution in [3.05, 3.63) is 84.4 Å². The minimum Gasteiger partial charge on any atom is -0.383 e. The maximum atomic E-state index is 13.1. The van der Waals surface area contributed by atoms with Gasteiger partial charge < -0.3 is 15.6 Å². The fourth-order valence-corrected chi connectivity index (χ4v) is 6.94. The van der Waals surface area contributed by atoms with Crippen LogP contribution in [0.5, 0.6) is 0 Å². The number of pyridine rings is 1. The molecule has 2 aliphatic rings. The highest BCUT2D eigenvalue weighted by atomic mass is 16.1. The molecule has 7 nitrogen and oxygen atoms in total. The summed E-state index contributed by atoms with van der Waals surface area (Å²) in [4.78, 5) is 26.9. The number of anilines is 1. The highest BCUT2D eigenvalue weighted by Crippen LogP contribution is 2.57. The number of nitrogen functional groups attached to an aromatic ring is 1. The Bertz CT molecular complexity index is 1680. The summed E-state index contributed by atoms with van der Waals surface area (Å²) in [6.07, 6.45) is 8.20. The second kappa shape index (κ2) is 7.87. The molecule has 3 N–H and O–H groups in total. The van der Waals surface area contributed by atoms with Crippen molar-refractivity contribution >= 4 is 33.7 Å². The van der Waals surface area contributed by atoms with E-state index in [2.05, 4.69) is 33.9 Å². The first-order chi connectivity index (χ1) is 18.0. The van der Waals surface area contributed by atoms with Crippen LogP contribution in [-0.4, -0.2) is 31.0 Å². The average Bonchev–Trinajstić information content (AvgIpc) is 3.57. The van der Waals surface area contributed by atoms with Crippen molar-refractivity contribution in [2.24, 2.45) is 0 Å². The molecule has 5 aromatic rings. The van der Waals surface area contributed by atoms with Crippen molar-refractivity contribution in [3.8, 4) is 11.1 Å². The van der Waals surface area contributed by atoms with Crippen LogP contribution in [0.25, 0.3) is 33.1 Å². The molecule has 7 heteroatoms. The molecule has 2 aliphatic carbocycles. The van der Waals surface area contributed by atoms with Gasteiger partial charge in [0.25, 0.3) is 5.91 Å². The third kappa shape index (κ3) is 3.26. The number of hydrogen-bond donors (Lipinski definition) is 2. The zero-order valence-corrected chi connectivity index (χ0v) is 20.7. The number of nitrogens with two attached hydrogens (primary N) is 1. The Morgan fingerprint density at radius 1 is 0.973 bits per heavy atom. The molecular weight excluding hydrogens is 460 g/mol. The van der Waals surface area contributed by atoms with E-state index in [-0.39, 0.29) is 17.0 Å². The lowest BCUT2D eigenvalue weighted by molar-refractivity contribution is 0.0901. The van der Waals surface area contributed by atoms with Gasteiger partial charge >= 0.3 is 0 Å². The van der Waals surface area contributed by atoms with E-state index in [9.17, 15) is 4.79 Å². The molecule has 3 heterocycles. The highest BCUT2D eigenvalue weighted by Gasteiger charge is 2.57. The van der Waals surface area contributed by atoms with E-state index in [1.54, 1.807) is 6.33 Å². The fraction of sp³-hybridized carbons (Fsp3) is 0.267. The van der Waals surface area contributed by atoms with Gasteiger partial charge in [-0.25, -0.2) is 9.97 Å². The summed E-state index contributed by atoms with van der Waals surface area (Å²) in [5.74, 6) is 0.480. The molecular formula is C30H28N6O. The zero-order chi connectivity index (χ0) is 25.2. The molecule has 0 unspecified atom stereocenters. The van der Waals surface area contributed by atoms with Gasteiger partial charge in [0.15, 0.2) is 0 Å². The van der Waals surface area contributed by atoms with E-state index in [1.165, 1.54) is 0 Å². The molecule has 7 rings (SSSR count). The van der Waals surface area contributed by atoms with Crippen molar-refractivity contribution < 1.29 is 4.79 Å². The van der Waals surface area contributed by atoms with Crippen molar-refractivity contribution in [2.45, 2.75) is 50.1 Å². The van der Waals surface area contributed by atoms with Gasteiger partial charge in [-0.15, -0.1) is 0 Å². The summed E-state index contributed by atoms with van der Waals surface area (Å²) < 4.78 is 2.40. The number of aromatic nitrogens is 4. The minimum absolute atomic E-state index is 0.00174. The predicted molar refractivity (Wildman–Crippen MR) is 145 cm³/mol. The van der Waals surface area contributed by atoms with E-state index in [4.69, 9.17) is 15.7 Å². The Hall–Kier alpha value is -4.26. The van der Waals surface area contributed by atoms with Crippen LogP contribution in [0.1, 0.15) is 48.2 Å². The molecule has 0 atom stereocenters. The standard InChI is InChI=1S/C30H28N6O/c1-19-24(22-15-21-9-5-6-10-23(21)32-16-22)25-26(31)33-18-34-27(25)36(19)30-13-11-29(17-30,12-14-30)35-28(37)20-7-3-2-4-8-20/h2-10,15-16,18H,11-14,17H2,1H3,(H,35,37)(H2,31,33,34). The first kappa shape index (κ1) is 22.0. The molecule has 0 saturated heterocycles. The zero-order valence-electron chi connectivity index (χ0n) is 20.7. The lowest BCUT2D eigenvalue weighted by atomic mass is 9.90. The molecule has 1 amide bonds.